The first-order chi connectivity index (χ1) is 9.19. The van der Waals surface area contributed by atoms with E-state index in [1.807, 2.05) is 0 Å². The highest BCUT2D eigenvalue weighted by atomic mass is 32.2. The molecule has 1 rings (SSSR count). The van der Waals surface area contributed by atoms with Crippen molar-refractivity contribution in [3.8, 4) is 0 Å². The summed E-state index contributed by atoms with van der Waals surface area (Å²) in [5.74, 6) is 1.21. The van der Waals surface area contributed by atoms with Crippen molar-refractivity contribution in [1.82, 2.24) is 5.32 Å². The third-order valence-electron chi connectivity index (χ3n) is 3.56. The number of rotatable bonds is 9. The first-order valence-electron chi connectivity index (χ1n) is 7.62. The van der Waals surface area contributed by atoms with Gasteiger partial charge in [0.05, 0.1) is 0 Å². The number of hydrogen-bond donors (Lipinski definition) is 1. The van der Waals surface area contributed by atoms with Crippen LogP contribution in [0.2, 0.25) is 0 Å². The Kier molecular flexibility index (Phi) is 8.24. The summed E-state index contributed by atoms with van der Waals surface area (Å²) in [5.41, 5.74) is 2.88. The van der Waals surface area contributed by atoms with E-state index < -0.39 is 0 Å². The molecule has 2 atom stereocenters. The van der Waals surface area contributed by atoms with Gasteiger partial charge in [0.25, 0.3) is 0 Å². The van der Waals surface area contributed by atoms with Crippen molar-refractivity contribution in [2.24, 2.45) is 0 Å². The molecular weight excluding hydrogens is 250 g/mol. The summed E-state index contributed by atoms with van der Waals surface area (Å²) in [6.45, 7) is 10.0. The van der Waals surface area contributed by atoms with Gasteiger partial charge in [-0.25, -0.2) is 0 Å². The third kappa shape index (κ3) is 6.49. The molecule has 2 unspecified atom stereocenters. The normalized spacial score (nSPS) is 14.3. The molecule has 2 heteroatoms. The number of hydrogen-bond acceptors (Lipinski definition) is 2. The van der Waals surface area contributed by atoms with Gasteiger partial charge in [0.2, 0.25) is 0 Å². The molecule has 0 heterocycles. The van der Waals surface area contributed by atoms with Gasteiger partial charge >= 0.3 is 0 Å². The fraction of sp³-hybridized carbons (Fsp3) is 0.647. The molecular formula is C17H29NS. The molecule has 0 amide bonds. The van der Waals surface area contributed by atoms with Crippen molar-refractivity contribution in [1.29, 1.82) is 0 Å². The molecule has 1 N–H and O–H groups in total. The maximum Gasteiger partial charge on any atom is 0.0198 e. The quantitative estimate of drug-likeness (QED) is 0.723. The Morgan fingerprint density at radius 3 is 2.21 bits per heavy atom. The highest BCUT2D eigenvalue weighted by molar-refractivity contribution is 7.99. The molecule has 0 spiro atoms. The van der Waals surface area contributed by atoms with E-state index in [1.54, 1.807) is 0 Å². The minimum Gasteiger partial charge on any atom is -0.313 e. The Labute approximate surface area is 123 Å². The summed E-state index contributed by atoms with van der Waals surface area (Å²) in [4.78, 5) is 0. The molecule has 0 saturated carbocycles. The van der Waals surface area contributed by atoms with Gasteiger partial charge in [0.1, 0.15) is 0 Å². The van der Waals surface area contributed by atoms with Crippen LogP contribution in [0.25, 0.3) is 0 Å². The fourth-order valence-electron chi connectivity index (χ4n) is 2.07. The molecule has 108 valence electrons. The lowest BCUT2D eigenvalue weighted by Gasteiger charge is -2.19. The Morgan fingerprint density at radius 2 is 1.68 bits per heavy atom. The van der Waals surface area contributed by atoms with Crippen LogP contribution in [-0.4, -0.2) is 23.6 Å². The lowest BCUT2D eigenvalue weighted by Crippen LogP contribution is -2.33. The molecule has 0 aliphatic rings. The number of thioether (sulfide) groups is 1. The van der Waals surface area contributed by atoms with Crippen molar-refractivity contribution in [3.63, 3.8) is 0 Å². The van der Waals surface area contributed by atoms with E-state index >= 15 is 0 Å². The van der Waals surface area contributed by atoms with Crippen LogP contribution < -0.4 is 5.32 Å². The van der Waals surface area contributed by atoms with Gasteiger partial charge in [-0.05, 0) is 36.9 Å². The highest BCUT2D eigenvalue weighted by Gasteiger charge is 2.10. The van der Waals surface area contributed by atoms with E-state index in [0.29, 0.717) is 6.04 Å². The van der Waals surface area contributed by atoms with E-state index in [1.165, 1.54) is 23.3 Å². The first kappa shape index (κ1) is 16.6. The summed E-state index contributed by atoms with van der Waals surface area (Å²) in [6, 6.07) is 9.70. The van der Waals surface area contributed by atoms with Crippen LogP contribution in [0.1, 0.15) is 45.2 Å². The second-order valence-corrected chi connectivity index (χ2v) is 6.65. The largest absolute Gasteiger partial charge is 0.313 e. The first-order valence-corrected chi connectivity index (χ1v) is 8.67. The number of benzene rings is 1. The standard InChI is InChI=1S/C17H29NS/c1-5-14(4)19-13-17(18-7-3)12-16-10-8-15(6-2)9-11-16/h8-11,14,17-18H,5-7,12-13H2,1-4H3. The van der Waals surface area contributed by atoms with Gasteiger partial charge in [-0.3, -0.25) is 0 Å². The lowest BCUT2D eigenvalue weighted by molar-refractivity contribution is 0.572. The van der Waals surface area contributed by atoms with E-state index in [-0.39, 0.29) is 0 Å². The second-order valence-electron chi connectivity index (χ2n) is 5.18. The van der Waals surface area contributed by atoms with Gasteiger partial charge in [-0.1, -0.05) is 52.0 Å². The van der Waals surface area contributed by atoms with E-state index in [9.17, 15) is 0 Å². The highest BCUT2D eigenvalue weighted by Crippen LogP contribution is 2.17. The number of likely N-dealkylation sites (N-methyl/N-ethyl adjacent to an activating group) is 1. The van der Waals surface area contributed by atoms with Gasteiger partial charge in [0.15, 0.2) is 0 Å². The molecule has 0 aromatic heterocycles. The predicted octanol–water partition coefficient (Wildman–Crippen LogP) is 4.30. The zero-order valence-electron chi connectivity index (χ0n) is 12.9. The maximum atomic E-state index is 3.62. The van der Waals surface area contributed by atoms with Crippen LogP contribution in [0, 0.1) is 0 Å². The topological polar surface area (TPSA) is 12.0 Å². The molecule has 1 nitrogen and oxygen atoms in total. The zero-order valence-corrected chi connectivity index (χ0v) is 13.7. The van der Waals surface area contributed by atoms with Crippen molar-refractivity contribution < 1.29 is 0 Å². The molecule has 0 radical (unpaired) electrons. The van der Waals surface area contributed by atoms with Crippen molar-refractivity contribution in [2.45, 2.75) is 58.2 Å². The average Bonchev–Trinajstić information content (AvgIpc) is 2.45. The monoisotopic (exact) mass is 279 g/mol. The Morgan fingerprint density at radius 1 is 1.05 bits per heavy atom. The minimum absolute atomic E-state index is 0.594. The Balaban J connectivity index is 2.51. The molecule has 19 heavy (non-hydrogen) atoms. The van der Waals surface area contributed by atoms with E-state index in [0.717, 1.165) is 24.6 Å². The Bertz CT molecular complexity index is 334. The lowest BCUT2D eigenvalue weighted by atomic mass is 10.0. The minimum atomic E-state index is 0.594. The average molecular weight is 279 g/mol. The van der Waals surface area contributed by atoms with Gasteiger partial charge in [0, 0.05) is 17.0 Å². The summed E-state index contributed by atoms with van der Waals surface area (Å²) in [6.07, 6.45) is 3.52. The Hall–Kier alpha value is -0.470. The summed E-state index contributed by atoms with van der Waals surface area (Å²) < 4.78 is 0. The summed E-state index contributed by atoms with van der Waals surface area (Å²) in [7, 11) is 0. The molecule has 0 bridgehead atoms. The van der Waals surface area contributed by atoms with Gasteiger partial charge < -0.3 is 5.32 Å². The molecule has 1 aromatic carbocycles. The summed E-state index contributed by atoms with van der Waals surface area (Å²) >= 11 is 2.09. The zero-order chi connectivity index (χ0) is 14.1. The van der Waals surface area contributed by atoms with Gasteiger partial charge in [-0.15, -0.1) is 0 Å². The third-order valence-corrected chi connectivity index (χ3v) is 5.06. The van der Waals surface area contributed by atoms with Crippen LogP contribution in [0.3, 0.4) is 0 Å². The smallest absolute Gasteiger partial charge is 0.0198 e. The SMILES string of the molecule is CCNC(CSC(C)CC)Cc1ccc(CC)cc1. The fourth-order valence-corrected chi connectivity index (χ4v) is 3.10. The van der Waals surface area contributed by atoms with Crippen LogP contribution in [-0.2, 0) is 12.8 Å². The summed E-state index contributed by atoms with van der Waals surface area (Å²) in [5, 5.41) is 4.39. The van der Waals surface area contributed by atoms with Crippen LogP contribution >= 0.6 is 11.8 Å². The maximum absolute atomic E-state index is 3.62. The van der Waals surface area contributed by atoms with Crippen molar-refractivity contribution in [2.75, 3.05) is 12.3 Å². The molecule has 0 aliphatic carbocycles. The molecule has 0 aliphatic heterocycles. The van der Waals surface area contributed by atoms with Crippen LogP contribution in [0.15, 0.2) is 24.3 Å². The second kappa shape index (κ2) is 9.44. The van der Waals surface area contributed by atoms with Crippen molar-refractivity contribution >= 4 is 11.8 Å². The number of nitrogens with one attached hydrogen (secondary N) is 1. The van der Waals surface area contributed by atoms with E-state index in [4.69, 9.17) is 0 Å². The molecule has 1 aromatic rings. The predicted molar refractivity (Wildman–Crippen MR) is 89.2 cm³/mol. The van der Waals surface area contributed by atoms with Crippen LogP contribution in [0.5, 0.6) is 0 Å². The van der Waals surface area contributed by atoms with Crippen molar-refractivity contribution in [3.05, 3.63) is 35.4 Å². The van der Waals surface area contributed by atoms with Crippen LogP contribution in [0.4, 0.5) is 0 Å². The molecule has 0 saturated heterocycles. The number of aryl methyl sites for hydroxylation is 1. The van der Waals surface area contributed by atoms with Gasteiger partial charge in [-0.2, -0.15) is 11.8 Å². The molecule has 0 fully saturated rings. The van der Waals surface area contributed by atoms with E-state index in [2.05, 4.69) is 69.0 Å².